The molecule has 5 N–H and O–H groups in total. The fourth-order valence-corrected chi connectivity index (χ4v) is 1.14. The zero-order chi connectivity index (χ0) is 8.97. The number of nitrogens with two attached hydrogens (primary N) is 2. The molecule has 12 heavy (non-hydrogen) atoms. The van der Waals surface area contributed by atoms with Gasteiger partial charge in [-0.3, -0.25) is 0 Å². The van der Waals surface area contributed by atoms with Gasteiger partial charge in [0.1, 0.15) is 5.75 Å². The Hall–Kier alpha value is -1.06. The van der Waals surface area contributed by atoms with Gasteiger partial charge in [-0.2, -0.15) is 0 Å². The molecule has 3 heteroatoms. The van der Waals surface area contributed by atoms with Gasteiger partial charge in [-0.1, -0.05) is 18.2 Å². The van der Waals surface area contributed by atoms with Crippen molar-refractivity contribution in [3.05, 3.63) is 29.8 Å². The van der Waals surface area contributed by atoms with Crippen molar-refractivity contribution in [3.63, 3.8) is 0 Å². The number of aromatic hydroxyl groups is 1. The molecule has 66 valence electrons. The topological polar surface area (TPSA) is 72.3 Å². The summed E-state index contributed by atoms with van der Waals surface area (Å²) in [6, 6.07) is 6.91. The van der Waals surface area contributed by atoms with Crippen LogP contribution in [0.25, 0.3) is 0 Å². The third kappa shape index (κ3) is 1.96. The Morgan fingerprint density at radius 1 is 1.33 bits per heavy atom. The Kier molecular flexibility index (Phi) is 3.08. The Morgan fingerprint density at radius 2 is 2.00 bits per heavy atom. The maximum absolute atomic E-state index is 9.39. The van der Waals surface area contributed by atoms with E-state index in [0.717, 1.165) is 5.56 Å². The van der Waals surface area contributed by atoms with Gasteiger partial charge in [0.25, 0.3) is 0 Å². The summed E-state index contributed by atoms with van der Waals surface area (Å²) in [6.07, 6.45) is 0.692. The smallest absolute Gasteiger partial charge is 0.120 e. The van der Waals surface area contributed by atoms with Crippen molar-refractivity contribution >= 4 is 0 Å². The SMILES string of the molecule is NCCC(N)c1ccccc1O. The molecule has 0 aliphatic carbocycles. The molecule has 0 spiro atoms. The highest BCUT2D eigenvalue weighted by Crippen LogP contribution is 2.23. The van der Waals surface area contributed by atoms with Gasteiger partial charge in [-0.25, -0.2) is 0 Å². The van der Waals surface area contributed by atoms with E-state index < -0.39 is 0 Å². The molecule has 0 saturated heterocycles. The van der Waals surface area contributed by atoms with Gasteiger partial charge in [0.2, 0.25) is 0 Å². The molecule has 3 nitrogen and oxygen atoms in total. The number of para-hydroxylation sites is 1. The van der Waals surface area contributed by atoms with E-state index in [4.69, 9.17) is 11.5 Å². The summed E-state index contributed by atoms with van der Waals surface area (Å²) in [6.45, 7) is 0.537. The van der Waals surface area contributed by atoms with Crippen LogP contribution in [0.1, 0.15) is 18.0 Å². The molecule has 1 unspecified atom stereocenters. The van der Waals surface area contributed by atoms with E-state index in [0.29, 0.717) is 13.0 Å². The maximum atomic E-state index is 9.39. The van der Waals surface area contributed by atoms with Crippen LogP contribution in [-0.2, 0) is 0 Å². The second-order valence-electron chi connectivity index (χ2n) is 2.74. The maximum Gasteiger partial charge on any atom is 0.120 e. The summed E-state index contributed by atoms with van der Waals surface area (Å²) in [7, 11) is 0. The monoisotopic (exact) mass is 166 g/mol. The van der Waals surface area contributed by atoms with Crippen molar-refractivity contribution in [2.45, 2.75) is 12.5 Å². The number of hydrogen-bond acceptors (Lipinski definition) is 3. The lowest BCUT2D eigenvalue weighted by Crippen LogP contribution is -2.15. The lowest BCUT2D eigenvalue weighted by Gasteiger charge is -2.11. The predicted octanol–water partition coefficient (Wildman–Crippen LogP) is 0.741. The first-order valence-corrected chi connectivity index (χ1v) is 3.99. The fraction of sp³-hybridized carbons (Fsp3) is 0.333. The average Bonchev–Trinajstić information content (AvgIpc) is 2.05. The number of phenolic OH excluding ortho intramolecular Hbond substituents is 1. The van der Waals surface area contributed by atoms with Gasteiger partial charge in [0.15, 0.2) is 0 Å². The number of hydrogen-bond donors (Lipinski definition) is 3. The average molecular weight is 166 g/mol. The highest BCUT2D eigenvalue weighted by molar-refractivity contribution is 5.34. The molecule has 1 rings (SSSR count). The summed E-state index contributed by atoms with van der Waals surface area (Å²) >= 11 is 0. The molecule has 1 aromatic rings. The van der Waals surface area contributed by atoms with Crippen LogP contribution in [0.3, 0.4) is 0 Å². The summed E-state index contributed by atoms with van der Waals surface area (Å²) in [5, 5.41) is 9.39. The van der Waals surface area contributed by atoms with Crippen molar-refractivity contribution in [2.24, 2.45) is 11.5 Å². The van der Waals surface area contributed by atoms with Gasteiger partial charge in [0, 0.05) is 11.6 Å². The standard InChI is InChI=1S/C9H14N2O/c10-6-5-8(11)7-3-1-2-4-9(7)12/h1-4,8,12H,5-6,10-11H2. The largest absolute Gasteiger partial charge is 0.508 e. The molecular weight excluding hydrogens is 152 g/mol. The predicted molar refractivity (Wildman–Crippen MR) is 48.7 cm³/mol. The van der Waals surface area contributed by atoms with Crippen LogP contribution in [-0.4, -0.2) is 11.7 Å². The van der Waals surface area contributed by atoms with Gasteiger partial charge < -0.3 is 16.6 Å². The Bertz CT molecular complexity index is 250. The van der Waals surface area contributed by atoms with Crippen LogP contribution in [0, 0.1) is 0 Å². The lowest BCUT2D eigenvalue weighted by molar-refractivity contribution is 0.459. The normalized spacial score (nSPS) is 12.8. The van der Waals surface area contributed by atoms with Crippen molar-refractivity contribution in [1.29, 1.82) is 0 Å². The van der Waals surface area contributed by atoms with Gasteiger partial charge in [0.05, 0.1) is 0 Å². The zero-order valence-corrected chi connectivity index (χ0v) is 6.90. The fourth-order valence-electron chi connectivity index (χ4n) is 1.14. The minimum Gasteiger partial charge on any atom is -0.508 e. The van der Waals surface area contributed by atoms with Crippen molar-refractivity contribution < 1.29 is 5.11 Å². The zero-order valence-electron chi connectivity index (χ0n) is 6.90. The molecule has 0 aliphatic rings. The Labute approximate surface area is 72.0 Å². The Balaban J connectivity index is 2.79. The second-order valence-corrected chi connectivity index (χ2v) is 2.74. The van der Waals surface area contributed by atoms with Crippen molar-refractivity contribution in [3.8, 4) is 5.75 Å². The van der Waals surface area contributed by atoms with Crippen LogP contribution in [0.15, 0.2) is 24.3 Å². The minimum atomic E-state index is -0.156. The summed E-state index contributed by atoms with van der Waals surface area (Å²) in [4.78, 5) is 0. The molecule has 0 radical (unpaired) electrons. The van der Waals surface area contributed by atoms with E-state index in [1.807, 2.05) is 12.1 Å². The first kappa shape index (κ1) is 9.03. The van der Waals surface area contributed by atoms with E-state index in [1.54, 1.807) is 12.1 Å². The van der Waals surface area contributed by atoms with Crippen LogP contribution in [0.4, 0.5) is 0 Å². The third-order valence-electron chi connectivity index (χ3n) is 1.81. The third-order valence-corrected chi connectivity index (χ3v) is 1.81. The molecule has 0 bridgehead atoms. The quantitative estimate of drug-likeness (QED) is 0.620. The molecule has 0 fully saturated rings. The summed E-state index contributed by atoms with van der Waals surface area (Å²) in [5.74, 6) is 0.249. The van der Waals surface area contributed by atoms with Crippen LogP contribution < -0.4 is 11.5 Å². The van der Waals surface area contributed by atoms with Crippen LogP contribution in [0.2, 0.25) is 0 Å². The van der Waals surface area contributed by atoms with Crippen LogP contribution >= 0.6 is 0 Å². The first-order chi connectivity index (χ1) is 5.75. The molecule has 0 aliphatic heterocycles. The first-order valence-electron chi connectivity index (χ1n) is 3.99. The highest BCUT2D eigenvalue weighted by Gasteiger charge is 2.07. The lowest BCUT2D eigenvalue weighted by atomic mass is 10.0. The summed E-state index contributed by atoms with van der Waals surface area (Å²) in [5.41, 5.74) is 11.9. The molecule has 0 amide bonds. The number of benzene rings is 1. The molecular formula is C9H14N2O. The van der Waals surface area contributed by atoms with E-state index in [-0.39, 0.29) is 11.8 Å². The second kappa shape index (κ2) is 4.09. The van der Waals surface area contributed by atoms with Crippen molar-refractivity contribution in [1.82, 2.24) is 0 Å². The van der Waals surface area contributed by atoms with Crippen molar-refractivity contribution in [2.75, 3.05) is 6.54 Å². The van der Waals surface area contributed by atoms with Gasteiger partial charge >= 0.3 is 0 Å². The van der Waals surface area contributed by atoms with E-state index in [2.05, 4.69) is 0 Å². The minimum absolute atomic E-state index is 0.156. The van der Waals surface area contributed by atoms with Crippen LogP contribution in [0.5, 0.6) is 5.75 Å². The van der Waals surface area contributed by atoms with E-state index >= 15 is 0 Å². The number of phenols is 1. The molecule has 0 saturated carbocycles. The molecule has 0 aromatic heterocycles. The van der Waals surface area contributed by atoms with Gasteiger partial charge in [-0.05, 0) is 19.0 Å². The summed E-state index contributed by atoms with van der Waals surface area (Å²) < 4.78 is 0. The van der Waals surface area contributed by atoms with Gasteiger partial charge in [-0.15, -0.1) is 0 Å². The highest BCUT2D eigenvalue weighted by atomic mass is 16.3. The molecule has 0 heterocycles. The number of rotatable bonds is 3. The molecule has 1 aromatic carbocycles. The van der Waals surface area contributed by atoms with E-state index in [9.17, 15) is 5.11 Å². The molecule has 1 atom stereocenters. The van der Waals surface area contributed by atoms with E-state index in [1.165, 1.54) is 0 Å². The Morgan fingerprint density at radius 3 is 2.58 bits per heavy atom.